The average Bonchev–Trinajstić information content (AvgIpc) is 2.47. The van der Waals surface area contributed by atoms with Crippen molar-refractivity contribution in [2.45, 2.75) is 34.1 Å². The van der Waals surface area contributed by atoms with Gasteiger partial charge in [-0.2, -0.15) is 0 Å². The number of aromatic nitrogens is 2. The van der Waals surface area contributed by atoms with Crippen molar-refractivity contribution in [2.24, 2.45) is 5.92 Å². The maximum absolute atomic E-state index is 4.51. The molecule has 1 aliphatic rings. The molecule has 21 heavy (non-hydrogen) atoms. The monoisotopic (exact) mass is 291 g/mol. The Hall–Kier alpha value is -1.36. The molecule has 5 heteroatoms. The summed E-state index contributed by atoms with van der Waals surface area (Å²) in [5.41, 5.74) is 1.17. The van der Waals surface area contributed by atoms with Crippen LogP contribution in [0.2, 0.25) is 0 Å². The van der Waals surface area contributed by atoms with E-state index in [1.807, 2.05) is 0 Å². The Morgan fingerprint density at radius 3 is 2.52 bits per heavy atom. The number of piperazine rings is 1. The largest absolute Gasteiger partial charge is 0.370 e. The minimum Gasteiger partial charge on any atom is -0.370 e. The second kappa shape index (κ2) is 7.59. The molecule has 0 saturated carbocycles. The van der Waals surface area contributed by atoms with Crippen molar-refractivity contribution in [3.05, 3.63) is 11.9 Å². The van der Waals surface area contributed by atoms with Gasteiger partial charge in [0.15, 0.2) is 0 Å². The summed E-state index contributed by atoms with van der Waals surface area (Å²) in [6.07, 6.45) is 2.79. The first-order valence-electron chi connectivity index (χ1n) is 8.14. The average molecular weight is 291 g/mol. The van der Waals surface area contributed by atoms with E-state index in [0.29, 0.717) is 0 Å². The van der Waals surface area contributed by atoms with Crippen LogP contribution in [0, 0.1) is 12.8 Å². The molecule has 1 N–H and O–H groups in total. The van der Waals surface area contributed by atoms with Crippen molar-refractivity contribution in [3.8, 4) is 0 Å². The summed E-state index contributed by atoms with van der Waals surface area (Å²) in [5, 5.41) is 3.39. The molecule has 0 aliphatic carbocycles. The lowest BCUT2D eigenvalue weighted by molar-refractivity contribution is 0.231. The van der Waals surface area contributed by atoms with E-state index in [1.165, 1.54) is 12.1 Å². The summed E-state index contributed by atoms with van der Waals surface area (Å²) in [6, 6.07) is 0. The van der Waals surface area contributed by atoms with Crippen LogP contribution in [0.15, 0.2) is 6.33 Å². The number of hydrogen-bond donors (Lipinski definition) is 1. The third kappa shape index (κ3) is 4.30. The van der Waals surface area contributed by atoms with Gasteiger partial charge in [0.25, 0.3) is 0 Å². The molecular weight excluding hydrogens is 262 g/mol. The van der Waals surface area contributed by atoms with Crippen LogP contribution in [0.25, 0.3) is 0 Å². The smallest absolute Gasteiger partial charge is 0.137 e. The highest BCUT2D eigenvalue weighted by Crippen LogP contribution is 2.23. The predicted octanol–water partition coefficient (Wildman–Crippen LogP) is 2.38. The van der Waals surface area contributed by atoms with Gasteiger partial charge in [-0.25, -0.2) is 9.97 Å². The molecule has 118 valence electrons. The zero-order chi connectivity index (χ0) is 15.2. The third-order valence-corrected chi connectivity index (χ3v) is 3.90. The van der Waals surface area contributed by atoms with Gasteiger partial charge in [0, 0.05) is 44.8 Å². The first-order valence-corrected chi connectivity index (χ1v) is 8.14. The van der Waals surface area contributed by atoms with Gasteiger partial charge in [-0.3, -0.25) is 4.90 Å². The molecule has 0 radical (unpaired) electrons. The first kappa shape index (κ1) is 16.0. The van der Waals surface area contributed by atoms with Crippen LogP contribution in [0.4, 0.5) is 11.6 Å². The van der Waals surface area contributed by atoms with Crippen LogP contribution >= 0.6 is 0 Å². The van der Waals surface area contributed by atoms with Gasteiger partial charge in [-0.1, -0.05) is 20.8 Å². The molecule has 1 aromatic heterocycles. The van der Waals surface area contributed by atoms with E-state index < -0.39 is 0 Å². The maximum Gasteiger partial charge on any atom is 0.137 e. The molecular formula is C16H29N5. The van der Waals surface area contributed by atoms with Crippen LogP contribution < -0.4 is 10.2 Å². The topological polar surface area (TPSA) is 44.3 Å². The van der Waals surface area contributed by atoms with E-state index >= 15 is 0 Å². The highest BCUT2D eigenvalue weighted by atomic mass is 15.3. The van der Waals surface area contributed by atoms with Gasteiger partial charge in [0.2, 0.25) is 0 Å². The lowest BCUT2D eigenvalue weighted by Crippen LogP contribution is -2.48. The summed E-state index contributed by atoms with van der Waals surface area (Å²) in [6.45, 7) is 15.4. The molecule has 1 aromatic rings. The Labute approximate surface area is 128 Å². The van der Waals surface area contributed by atoms with Gasteiger partial charge in [0.1, 0.15) is 18.0 Å². The highest BCUT2D eigenvalue weighted by Gasteiger charge is 2.20. The molecule has 5 nitrogen and oxygen atoms in total. The van der Waals surface area contributed by atoms with Crippen molar-refractivity contribution < 1.29 is 0 Å². The zero-order valence-corrected chi connectivity index (χ0v) is 13.9. The maximum atomic E-state index is 4.51. The first-order chi connectivity index (χ1) is 10.1. The quantitative estimate of drug-likeness (QED) is 0.872. The number of hydrogen-bond acceptors (Lipinski definition) is 5. The molecule has 2 heterocycles. The molecule has 1 saturated heterocycles. The van der Waals surface area contributed by atoms with Crippen molar-refractivity contribution in [1.82, 2.24) is 14.9 Å². The summed E-state index contributed by atoms with van der Waals surface area (Å²) in [4.78, 5) is 13.8. The van der Waals surface area contributed by atoms with Crippen LogP contribution in [-0.2, 0) is 0 Å². The van der Waals surface area contributed by atoms with Crippen molar-refractivity contribution in [2.75, 3.05) is 49.5 Å². The SMILES string of the molecule is CCCNc1ncnc(N2CCN(CC(C)C)CC2)c1C. The minimum atomic E-state index is 0.738. The minimum absolute atomic E-state index is 0.738. The summed E-state index contributed by atoms with van der Waals surface area (Å²) in [7, 11) is 0. The Kier molecular flexibility index (Phi) is 5.79. The van der Waals surface area contributed by atoms with E-state index in [9.17, 15) is 0 Å². The van der Waals surface area contributed by atoms with E-state index in [4.69, 9.17) is 0 Å². The summed E-state index contributed by atoms with van der Waals surface area (Å²) in [5.74, 6) is 2.81. The fourth-order valence-corrected chi connectivity index (χ4v) is 2.84. The fourth-order valence-electron chi connectivity index (χ4n) is 2.84. The molecule has 0 spiro atoms. The van der Waals surface area contributed by atoms with Gasteiger partial charge >= 0.3 is 0 Å². The van der Waals surface area contributed by atoms with Gasteiger partial charge in [-0.05, 0) is 19.3 Å². The zero-order valence-electron chi connectivity index (χ0n) is 13.9. The van der Waals surface area contributed by atoms with Gasteiger partial charge in [0.05, 0.1) is 0 Å². The number of nitrogens with one attached hydrogen (secondary N) is 1. The molecule has 1 aliphatic heterocycles. The fraction of sp³-hybridized carbons (Fsp3) is 0.750. The van der Waals surface area contributed by atoms with E-state index in [2.05, 4.69) is 52.8 Å². The van der Waals surface area contributed by atoms with Crippen molar-refractivity contribution >= 4 is 11.6 Å². The Morgan fingerprint density at radius 2 is 1.90 bits per heavy atom. The number of rotatable bonds is 6. The Morgan fingerprint density at radius 1 is 1.19 bits per heavy atom. The molecule has 0 unspecified atom stereocenters. The van der Waals surface area contributed by atoms with Crippen LogP contribution in [-0.4, -0.2) is 54.1 Å². The summed E-state index contributed by atoms with van der Waals surface area (Å²) < 4.78 is 0. The summed E-state index contributed by atoms with van der Waals surface area (Å²) >= 11 is 0. The molecule has 0 aromatic carbocycles. The normalized spacial score (nSPS) is 16.5. The Balaban J connectivity index is 2.00. The Bertz CT molecular complexity index is 438. The van der Waals surface area contributed by atoms with Crippen LogP contribution in [0.1, 0.15) is 32.8 Å². The third-order valence-electron chi connectivity index (χ3n) is 3.90. The number of anilines is 2. The van der Waals surface area contributed by atoms with E-state index in [-0.39, 0.29) is 0 Å². The van der Waals surface area contributed by atoms with Crippen LogP contribution in [0.3, 0.4) is 0 Å². The standard InChI is InChI=1S/C16H29N5/c1-5-6-17-15-14(4)16(19-12-18-15)21-9-7-20(8-10-21)11-13(2)3/h12-13H,5-11H2,1-4H3,(H,17,18,19). The second-order valence-corrected chi connectivity index (χ2v) is 6.28. The number of nitrogens with zero attached hydrogens (tertiary/aromatic N) is 4. The van der Waals surface area contributed by atoms with Crippen molar-refractivity contribution in [3.63, 3.8) is 0 Å². The highest BCUT2D eigenvalue weighted by molar-refractivity contribution is 5.58. The van der Waals surface area contributed by atoms with Gasteiger partial charge < -0.3 is 10.2 Å². The van der Waals surface area contributed by atoms with E-state index in [1.54, 1.807) is 6.33 Å². The van der Waals surface area contributed by atoms with Crippen LogP contribution in [0.5, 0.6) is 0 Å². The molecule has 0 bridgehead atoms. The molecule has 1 fully saturated rings. The predicted molar refractivity (Wildman–Crippen MR) is 89.0 cm³/mol. The van der Waals surface area contributed by atoms with Crippen molar-refractivity contribution in [1.29, 1.82) is 0 Å². The molecule has 2 rings (SSSR count). The lowest BCUT2D eigenvalue weighted by atomic mass is 10.2. The second-order valence-electron chi connectivity index (χ2n) is 6.28. The molecule has 0 amide bonds. The van der Waals surface area contributed by atoms with E-state index in [0.717, 1.165) is 56.7 Å². The lowest BCUT2D eigenvalue weighted by Gasteiger charge is -2.36. The molecule has 0 atom stereocenters. The van der Waals surface area contributed by atoms with Gasteiger partial charge in [-0.15, -0.1) is 0 Å².